The molecule has 2 aromatic rings. The van der Waals surface area contributed by atoms with Crippen molar-refractivity contribution in [3.05, 3.63) is 71.3 Å². The van der Waals surface area contributed by atoms with Gasteiger partial charge in [0.15, 0.2) is 0 Å². The molecule has 0 atom stereocenters. The summed E-state index contributed by atoms with van der Waals surface area (Å²) < 4.78 is 0. The van der Waals surface area contributed by atoms with Crippen molar-refractivity contribution in [1.82, 2.24) is 0 Å². The molecule has 16 heavy (non-hydrogen) atoms. The fraction of sp³-hybridized carbons (Fsp3) is 0. The first-order chi connectivity index (χ1) is 7.86. The third kappa shape index (κ3) is 1.27. The summed E-state index contributed by atoms with van der Waals surface area (Å²) in [5, 5.41) is 0. The van der Waals surface area contributed by atoms with Crippen LogP contribution in [0.3, 0.4) is 0 Å². The van der Waals surface area contributed by atoms with E-state index in [1.165, 1.54) is 0 Å². The molecule has 0 fully saturated rings. The molecule has 0 spiro atoms. The van der Waals surface area contributed by atoms with Crippen molar-refractivity contribution < 1.29 is 4.79 Å². The van der Waals surface area contributed by atoms with Crippen molar-refractivity contribution in [2.75, 3.05) is 0 Å². The first-order valence-electron chi connectivity index (χ1n) is 5.14. The predicted molar refractivity (Wildman–Crippen MR) is 62.9 cm³/mol. The topological polar surface area (TPSA) is 29.4 Å². The number of rotatable bonds is 1. The molecule has 0 aliphatic carbocycles. The Morgan fingerprint density at radius 1 is 0.750 bits per heavy atom. The van der Waals surface area contributed by atoms with E-state index in [1.54, 1.807) is 0 Å². The predicted octanol–water partition coefficient (Wildman–Crippen LogP) is 2.68. The number of hydrogen-bond donors (Lipinski definition) is 0. The maximum Gasteiger partial charge on any atom is 0.278 e. The van der Waals surface area contributed by atoms with Crippen LogP contribution in [0, 0.1) is 0 Å². The largest absolute Gasteiger partial charge is 0.278 e. The number of carbonyl (C=O) groups excluding carboxylic acids is 1. The number of aliphatic imine (C=N–C) groups is 1. The highest BCUT2D eigenvalue weighted by molar-refractivity contribution is 6.27. The molecule has 2 nitrogen and oxygen atoms in total. The summed E-state index contributed by atoms with van der Waals surface area (Å²) in [6.07, 6.45) is 0. The van der Waals surface area contributed by atoms with Crippen molar-refractivity contribution in [2.24, 2.45) is 4.99 Å². The first-order valence-corrected chi connectivity index (χ1v) is 5.14. The van der Waals surface area contributed by atoms with Crippen LogP contribution in [-0.4, -0.2) is 11.6 Å². The van der Waals surface area contributed by atoms with Gasteiger partial charge in [0.1, 0.15) is 0 Å². The van der Waals surface area contributed by atoms with Crippen molar-refractivity contribution in [2.45, 2.75) is 0 Å². The Balaban J connectivity index is 2.19. The minimum atomic E-state index is -0.144. The smallest absolute Gasteiger partial charge is 0.267 e. The lowest BCUT2D eigenvalue weighted by molar-refractivity contribution is 0.101. The van der Waals surface area contributed by atoms with Crippen molar-refractivity contribution >= 4 is 11.6 Å². The normalized spacial score (nSPS) is 13.5. The van der Waals surface area contributed by atoms with Gasteiger partial charge in [-0.2, -0.15) is 0 Å². The SMILES string of the molecule is O=C1N=C(c2ccccc2)c2ccccc21. The minimum Gasteiger partial charge on any atom is -0.267 e. The Hall–Kier alpha value is -2.22. The minimum absolute atomic E-state index is 0.144. The second-order valence-electron chi connectivity index (χ2n) is 3.68. The van der Waals surface area contributed by atoms with E-state index in [0.29, 0.717) is 5.56 Å². The van der Waals surface area contributed by atoms with Crippen LogP contribution in [0.5, 0.6) is 0 Å². The van der Waals surface area contributed by atoms with Gasteiger partial charge in [-0.3, -0.25) is 4.79 Å². The van der Waals surface area contributed by atoms with E-state index >= 15 is 0 Å². The molecule has 1 aliphatic heterocycles. The lowest BCUT2D eigenvalue weighted by atomic mass is 10.0. The number of hydrogen-bond acceptors (Lipinski definition) is 1. The quantitative estimate of drug-likeness (QED) is 0.706. The molecular weight excluding hydrogens is 198 g/mol. The summed E-state index contributed by atoms with van der Waals surface area (Å²) in [5.74, 6) is -0.144. The van der Waals surface area contributed by atoms with Crippen molar-refractivity contribution in [3.63, 3.8) is 0 Å². The Morgan fingerprint density at radius 3 is 2.12 bits per heavy atom. The highest BCUT2D eigenvalue weighted by Gasteiger charge is 2.22. The molecule has 76 valence electrons. The van der Waals surface area contributed by atoms with E-state index < -0.39 is 0 Å². The molecule has 1 aliphatic rings. The molecule has 0 radical (unpaired) electrons. The number of carbonyl (C=O) groups is 1. The fourth-order valence-corrected chi connectivity index (χ4v) is 1.91. The van der Waals surface area contributed by atoms with E-state index in [0.717, 1.165) is 16.8 Å². The van der Waals surface area contributed by atoms with Gasteiger partial charge in [0.25, 0.3) is 5.91 Å². The Labute approximate surface area is 93.3 Å². The van der Waals surface area contributed by atoms with Crippen LogP contribution in [0.2, 0.25) is 0 Å². The summed E-state index contributed by atoms with van der Waals surface area (Å²) in [4.78, 5) is 15.8. The zero-order chi connectivity index (χ0) is 11.0. The van der Waals surface area contributed by atoms with Gasteiger partial charge in [-0.15, -0.1) is 0 Å². The monoisotopic (exact) mass is 207 g/mol. The molecule has 0 N–H and O–H groups in total. The standard InChI is InChI=1S/C14H9NO/c16-14-12-9-5-4-8-11(12)13(15-14)10-6-2-1-3-7-10/h1-9H. The van der Waals surface area contributed by atoms with Gasteiger partial charge < -0.3 is 0 Å². The molecule has 0 aromatic heterocycles. The molecule has 0 bridgehead atoms. The summed E-state index contributed by atoms with van der Waals surface area (Å²) in [6, 6.07) is 17.3. The zero-order valence-corrected chi connectivity index (χ0v) is 8.55. The van der Waals surface area contributed by atoms with Crippen molar-refractivity contribution in [3.8, 4) is 0 Å². The van der Waals surface area contributed by atoms with Gasteiger partial charge in [0.2, 0.25) is 0 Å². The van der Waals surface area contributed by atoms with Crippen LogP contribution in [0.1, 0.15) is 21.5 Å². The highest BCUT2D eigenvalue weighted by Crippen LogP contribution is 2.22. The van der Waals surface area contributed by atoms with Crippen LogP contribution in [0.15, 0.2) is 59.6 Å². The van der Waals surface area contributed by atoms with Crippen LogP contribution in [-0.2, 0) is 0 Å². The Morgan fingerprint density at radius 2 is 1.38 bits per heavy atom. The van der Waals surface area contributed by atoms with E-state index in [4.69, 9.17) is 0 Å². The maximum atomic E-state index is 11.7. The van der Waals surface area contributed by atoms with E-state index in [-0.39, 0.29) is 5.91 Å². The number of nitrogens with zero attached hydrogens (tertiary/aromatic N) is 1. The van der Waals surface area contributed by atoms with Gasteiger partial charge >= 0.3 is 0 Å². The van der Waals surface area contributed by atoms with Gasteiger partial charge in [0, 0.05) is 11.1 Å². The molecular formula is C14H9NO. The molecule has 0 saturated carbocycles. The van der Waals surface area contributed by atoms with Crippen LogP contribution < -0.4 is 0 Å². The molecule has 0 saturated heterocycles. The second-order valence-corrected chi connectivity index (χ2v) is 3.68. The second kappa shape index (κ2) is 3.42. The number of fused-ring (bicyclic) bond motifs is 1. The van der Waals surface area contributed by atoms with Crippen molar-refractivity contribution in [1.29, 1.82) is 0 Å². The lowest BCUT2D eigenvalue weighted by Gasteiger charge is -2.01. The van der Waals surface area contributed by atoms with Gasteiger partial charge in [-0.1, -0.05) is 48.5 Å². The average Bonchev–Trinajstić information content (AvgIpc) is 2.69. The lowest BCUT2D eigenvalue weighted by Crippen LogP contribution is -1.99. The van der Waals surface area contributed by atoms with Crippen LogP contribution in [0.25, 0.3) is 0 Å². The number of benzene rings is 2. The van der Waals surface area contributed by atoms with Crippen LogP contribution >= 0.6 is 0 Å². The van der Waals surface area contributed by atoms with Gasteiger partial charge in [-0.25, -0.2) is 4.99 Å². The fourth-order valence-electron chi connectivity index (χ4n) is 1.91. The number of amides is 1. The molecule has 0 unspecified atom stereocenters. The summed E-state index contributed by atoms with van der Waals surface area (Å²) in [5.41, 5.74) is 3.39. The summed E-state index contributed by atoms with van der Waals surface area (Å²) in [7, 11) is 0. The van der Waals surface area contributed by atoms with Gasteiger partial charge in [0.05, 0.1) is 11.3 Å². The van der Waals surface area contributed by atoms with Crippen LogP contribution in [0.4, 0.5) is 0 Å². The zero-order valence-electron chi connectivity index (χ0n) is 8.55. The third-order valence-electron chi connectivity index (χ3n) is 2.67. The molecule has 2 heteroatoms. The van der Waals surface area contributed by atoms with Gasteiger partial charge in [-0.05, 0) is 6.07 Å². The molecule has 2 aromatic carbocycles. The first kappa shape index (κ1) is 9.04. The molecule has 3 rings (SSSR count). The summed E-state index contributed by atoms with van der Waals surface area (Å²) >= 11 is 0. The maximum absolute atomic E-state index is 11.7. The summed E-state index contributed by atoms with van der Waals surface area (Å²) in [6.45, 7) is 0. The highest BCUT2D eigenvalue weighted by atomic mass is 16.1. The molecule has 1 amide bonds. The Bertz CT molecular complexity index is 585. The van der Waals surface area contributed by atoms with E-state index in [1.807, 2.05) is 54.6 Å². The molecule has 1 heterocycles. The third-order valence-corrected chi connectivity index (χ3v) is 2.67. The average molecular weight is 207 g/mol. The Kier molecular flexibility index (Phi) is 1.93. The van der Waals surface area contributed by atoms with E-state index in [9.17, 15) is 4.79 Å². The van der Waals surface area contributed by atoms with E-state index in [2.05, 4.69) is 4.99 Å².